The van der Waals surface area contributed by atoms with Crippen molar-refractivity contribution in [2.75, 3.05) is 10.8 Å². The van der Waals surface area contributed by atoms with Crippen molar-refractivity contribution in [1.82, 2.24) is 5.43 Å². The zero-order valence-electron chi connectivity index (χ0n) is 15.3. The van der Waals surface area contributed by atoms with E-state index in [4.69, 9.17) is 0 Å². The van der Waals surface area contributed by atoms with Gasteiger partial charge in [0.15, 0.2) is 0 Å². The van der Waals surface area contributed by atoms with E-state index in [2.05, 4.69) is 10.5 Å². The third-order valence-electron chi connectivity index (χ3n) is 3.96. The van der Waals surface area contributed by atoms with Crippen LogP contribution >= 0.6 is 0 Å². The van der Waals surface area contributed by atoms with Crippen LogP contribution in [0.2, 0.25) is 0 Å². The third-order valence-corrected chi connectivity index (χ3v) is 5.75. The summed E-state index contributed by atoms with van der Waals surface area (Å²) in [6.07, 6.45) is 1.16. The van der Waals surface area contributed by atoms with E-state index in [1.807, 2.05) is 0 Å². The average molecular weight is 411 g/mol. The van der Waals surface area contributed by atoms with Gasteiger partial charge in [0, 0.05) is 5.56 Å². The lowest BCUT2D eigenvalue weighted by molar-refractivity contribution is -0.119. The quantitative estimate of drug-likeness (QED) is 0.479. The predicted molar refractivity (Wildman–Crippen MR) is 110 cm³/mol. The van der Waals surface area contributed by atoms with Gasteiger partial charge in [-0.2, -0.15) is 5.10 Å². The van der Waals surface area contributed by atoms with Gasteiger partial charge in [-0.05, 0) is 30.3 Å². The second-order valence-corrected chi connectivity index (χ2v) is 7.84. The Labute approximate surface area is 168 Å². The summed E-state index contributed by atoms with van der Waals surface area (Å²) < 4.78 is 40.7. The van der Waals surface area contributed by atoms with Crippen molar-refractivity contribution in [3.05, 3.63) is 96.3 Å². The third kappa shape index (κ3) is 5.05. The maximum Gasteiger partial charge on any atom is 0.264 e. The molecule has 0 bridgehead atoms. The monoisotopic (exact) mass is 411 g/mol. The van der Waals surface area contributed by atoms with E-state index < -0.39 is 28.3 Å². The summed E-state index contributed by atoms with van der Waals surface area (Å²) in [7, 11) is -3.97. The number of sulfonamides is 1. The zero-order chi connectivity index (χ0) is 20.7. The molecule has 1 N–H and O–H groups in total. The first kappa shape index (κ1) is 20.2. The molecule has 29 heavy (non-hydrogen) atoms. The van der Waals surface area contributed by atoms with E-state index in [1.54, 1.807) is 54.6 Å². The predicted octanol–water partition coefficient (Wildman–Crippen LogP) is 3.17. The average Bonchev–Trinajstić information content (AvgIpc) is 2.74. The Morgan fingerprint density at radius 3 is 2.17 bits per heavy atom. The fraction of sp³-hybridized carbons (Fsp3) is 0.0476. The van der Waals surface area contributed by atoms with E-state index in [0.29, 0.717) is 5.69 Å². The minimum absolute atomic E-state index is 0.0616. The maximum absolute atomic E-state index is 13.6. The Morgan fingerprint density at radius 1 is 0.931 bits per heavy atom. The summed E-state index contributed by atoms with van der Waals surface area (Å²) in [5.41, 5.74) is 2.78. The molecule has 1 amide bonds. The van der Waals surface area contributed by atoms with Crippen molar-refractivity contribution in [2.45, 2.75) is 4.90 Å². The lowest BCUT2D eigenvalue weighted by atomic mass is 10.2. The number of amides is 1. The maximum atomic E-state index is 13.6. The molecule has 8 heteroatoms. The van der Waals surface area contributed by atoms with Crippen LogP contribution in [0.25, 0.3) is 0 Å². The first-order chi connectivity index (χ1) is 14.0. The molecule has 3 aromatic carbocycles. The summed E-state index contributed by atoms with van der Waals surface area (Å²) >= 11 is 0. The van der Waals surface area contributed by atoms with Gasteiger partial charge >= 0.3 is 0 Å². The summed E-state index contributed by atoms with van der Waals surface area (Å²) in [5, 5.41) is 3.72. The number of para-hydroxylation sites is 1. The molecule has 0 unspecified atom stereocenters. The van der Waals surface area contributed by atoms with Crippen LogP contribution in [-0.4, -0.2) is 27.1 Å². The summed E-state index contributed by atoms with van der Waals surface area (Å²) in [4.78, 5) is 12.4. The van der Waals surface area contributed by atoms with Crippen LogP contribution in [0.5, 0.6) is 0 Å². The molecule has 0 radical (unpaired) electrons. The molecule has 3 rings (SSSR count). The first-order valence-corrected chi connectivity index (χ1v) is 10.1. The molecule has 0 aromatic heterocycles. The van der Waals surface area contributed by atoms with E-state index >= 15 is 0 Å². The normalized spacial score (nSPS) is 11.3. The van der Waals surface area contributed by atoms with Crippen molar-refractivity contribution in [2.24, 2.45) is 5.10 Å². The number of hydrazone groups is 1. The highest BCUT2D eigenvalue weighted by Gasteiger charge is 2.26. The van der Waals surface area contributed by atoms with Crippen LogP contribution < -0.4 is 9.73 Å². The highest BCUT2D eigenvalue weighted by molar-refractivity contribution is 7.92. The molecule has 0 aliphatic heterocycles. The van der Waals surface area contributed by atoms with Gasteiger partial charge < -0.3 is 0 Å². The SMILES string of the molecule is O=C(CN(c1ccccc1)S(=O)(=O)c1ccccc1)N/N=C\c1ccccc1F. The number of halogens is 1. The van der Waals surface area contributed by atoms with Gasteiger partial charge in [0.1, 0.15) is 12.4 Å². The number of carbonyl (C=O) groups excluding carboxylic acids is 1. The number of nitrogens with zero attached hydrogens (tertiary/aromatic N) is 2. The van der Waals surface area contributed by atoms with Crippen LogP contribution in [0.1, 0.15) is 5.56 Å². The highest BCUT2D eigenvalue weighted by Crippen LogP contribution is 2.23. The number of hydrogen-bond donors (Lipinski definition) is 1. The summed E-state index contributed by atoms with van der Waals surface area (Å²) in [5.74, 6) is -1.15. The zero-order valence-corrected chi connectivity index (χ0v) is 16.1. The topological polar surface area (TPSA) is 78.8 Å². The Balaban J connectivity index is 1.81. The minimum atomic E-state index is -3.97. The molecule has 0 aliphatic rings. The van der Waals surface area contributed by atoms with Crippen molar-refractivity contribution >= 4 is 27.8 Å². The van der Waals surface area contributed by atoms with E-state index in [-0.39, 0.29) is 10.5 Å². The van der Waals surface area contributed by atoms with Crippen LogP contribution in [0.4, 0.5) is 10.1 Å². The van der Waals surface area contributed by atoms with Gasteiger partial charge in [-0.3, -0.25) is 9.10 Å². The van der Waals surface area contributed by atoms with Crippen molar-refractivity contribution < 1.29 is 17.6 Å². The molecule has 0 spiro atoms. The van der Waals surface area contributed by atoms with E-state index in [0.717, 1.165) is 10.5 Å². The van der Waals surface area contributed by atoms with Crippen LogP contribution in [0.3, 0.4) is 0 Å². The fourth-order valence-corrected chi connectivity index (χ4v) is 3.99. The summed E-state index contributed by atoms with van der Waals surface area (Å²) in [6, 6.07) is 22.1. The van der Waals surface area contributed by atoms with Gasteiger partial charge in [-0.1, -0.05) is 54.6 Å². The molecular weight excluding hydrogens is 393 g/mol. The number of benzene rings is 3. The van der Waals surface area contributed by atoms with Gasteiger partial charge in [-0.25, -0.2) is 18.2 Å². The number of hydrogen-bond acceptors (Lipinski definition) is 4. The molecule has 0 aliphatic carbocycles. The Kier molecular flexibility index (Phi) is 6.36. The highest BCUT2D eigenvalue weighted by atomic mass is 32.2. The van der Waals surface area contributed by atoms with Crippen molar-refractivity contribution in [1.29, 1.82) is 0 Å². The summed E-state index contributed by atoms with van der Waals surface area (Å²) in [6.45, 7) is -0.490. The molecule has 0 saturated heterocycles. The molecule has 0 atom stereocenters. The lowest BCUT2D eigenvalue weighted by Crippen LogP contribution is -2.39. The second-order valence-electron chi connectivity index (χ2n) is 5.97. The molecule has 148 valence electrons. The smallest absolute Gasteiger partial charge is 0.264 e. The minimum Gasteiger partial charge on any atom is -0.271 e. The lowest BCUT2D eigenvalue weighted by Gasteiger charge is -2.23. The fourth-order valence-electron chi connectivity index (χ4n) is 2.55. The molecule has 0 saturated carbocycles. The van der Waals surface area contributed by atoms with Gasteiger partial charge in [0.25, 0.3) is 15.9 Å². The largest absolute Gasteiger partial charge is 0.271 e. The van der Waals surface area contributed by atoms with Gasteiger partial charge in [0.2, 0.25) is 0 Å². The number of anilines is 1. The van der Waals surface area contributed by atoms with Gasteiger partial charge in [0.05, 0.1) is 16.8 Å². The first-order valence-electron chi connectivity index (χ1n) is 8.68. The Hall–Kier alpha value is -3.52. The van der Waals surface area contributed by atoms with E-state index in [9.17, 15) is 17.6 Å². The van der Waals surface area contributed by atoms with E-state index in [1.165, 1.54) is 30.3 Å². The molecular formula is C21H18FN3O3S. The standard InChI is InChI=1S/C21H18FN3O3S/c22-20-14-8-7-9-17(20)15-23-24-21(26)16-25(18-10-3-1-4-11-18)29(27,28)19-12-5-2-6-13-19/h1-15H,16H2,(H,24,26)/b23-15-. The molecule has 3 aromatic rings. The van der Waals surface area contributed by atoms with Crippen molar-refractivity contribution in [3.8, 4) is 0 Å². The molecule has 0 heterocycles. The molecule has 6 nitrogen and oxygen atoms in total. The molecule has 0 fully saturated rings. The van der Waals surface area contributed by atoms with Crippen LogP contribution in [0, 0.1) is 5.82 Å². The number of rotatable bonds is 7. The second kappa shape index (κ2) is 9.11. The Morgan fingerprint density at radius 2 is 1.52 bits per heavy atom. The number of carbonyl (C=O) groups is 1. The van der Waals surface area contributed by atoms with Gasteiger partial charge in [-0.15, -0.1) is 0 Å². The van der Waals surface area contributed by atoms with Crippen LogP contribution in [0.15, 0.2) is 94.9 Å². The van der Waals surface area contributed by atoms with Crippen molar-refractivity contribution in [3.63, 3.8) is 0 Å². The number of nitrogens with one attached hydrogen (secondary N) is 1. The van der Waals surface area contributed by atoms with Crippen LogP contribution in [-0.2, 0) is 14.8 Å². The Bertz CT molecular complexity index is 1100.